The number of pyridine rings is 1. The molecule has 2 aromatic rings. The van der Waals surface area contributed by atoms with Gasteiger partial charge in [-0.25, -0.2) is 18.1 Å². The summed E-state index contributed by atoms with van der Waals surface area (Å²) in [7, 11) is -3.53. The zero-order valence-electron chi connectivity index (χ0n) is 14.8. The van der Waals surface area contributed by atoms with Crippen LogP contribution in [0, 0.1) is 0 Å². The number of carbonyl (C=O) groups is 1. The maximum absolute atomic E-state index is 12.0. The molecule has 0 aromatic carbocycles. The second-order valence-electron chi connectivity index (χ2n) is 5.98. The SMILES string of the molecule is O=C(CCNS(=O)(=O)c1cccs1)NCc1ccc(N2CCOCC2)nc1. The van der Waals surface area contributed by atoms with Gasteiger partial charge in [0.15, 0.2) is 0 Å². The highest BCUT2D eigenvalue weighted by atomic mass is 32.2. The van der Waals surface area contributed by atoms with Gasteiger partial charge in [0.05, 0.1) is 13.2 Å². The summed E-state index contributed by atoms with van der Waals surface area (Å²) in [6.45, 7) is 3.47. The first-order valence-electron chi connectivity index (χ1n) is 8.62. The number of sulfonamides is 1. The summed E-state index contributed by atoms with van der Waals surface area (Å²) in [4.78, 5) is 18.5. The zero-order chi connectivity index (χ0) is 19.1. The van der Waals surface area contributed by atoms with Crippen molar-refractivity contribution < 1.29 is 17.9 Å². The third-order valence-electron chi connectivity index (χ3n) is 4.04. The molecule has 0 atom stereocenters. The molecule has 8 nitrogen and oxygen atoms in total. The molecular formula is C17H22N4O4S2. The highest BCUT2D eigenvalue weighted by Gasteiger charge is 2.15. The largest absolute Gasteiger partial charge is 0.378 e. The molecule has 1 saturated heterocycles. The average molecular weight is 411 g/mol. The zero-order valence-corrected chi connectivity index (χ0v) is 16.4. The first kappa shape index (κ1) is 19.7. The Labute approximate surface area is 162 Å². The minimum atomic E-state index is -3.53. The maximum atomic E-state index is 12.0. The highest BCUT2D eigenvalue weighted by Crippen LogP contribution is 2.15. The van der Waals surface area contributed by atoms with Gasteiger partial charge in [-0.15, -0.1) is 11.3 Å². The van der Waals surface area contributed by atoms with E-state index in [4.69, 9.17) is 4.74 Å². The number of rotatable bonds is 8. The smallest absolute Gasteiger partial charge is 0.250 e. The molecular weight excluding hydrogens is 388 g/mol. The number of aromatic nitrogens is 1. The van der Waals surface area contributed by atoms with Gasteiger partial charge in [0.2, 0.25) is 15.9 Å². The molecule has 0 spiro atoms. The van der Waals surface area contributed by atoms with Crippen molar-refractivity contribution in [1.82, 2.24) is 15.0 Å². The standard InChI is InChI=1S/C17H22N4O4S2/c22-16(5-6-20-27(23,24)17-2-1-11-26-17)19-13-14-3-4-15(18-12-14)21-7-9-25-10-8-21/h1-4,11-12,20H,5-10,13H2,(H,19,22). The predicted molar refractivity (Wildman–Crippen MR) is 103 cm³/mol. The summed E-state index contributed by atoms with van der Waals surface area (Å²) in [5.74, 6) is 0.678. The van der Waals surface area contributed by atoms with Gasteiger partial charge in [-0.3, -0.25) is 4.79 Å². The number of thiophene rings is 1. The molecule has 27 heavy (non-hydrogen) atoms. The van der Waals surface area contributed by atoms with Gasteiger partial charge in [-0.2, -0.15) is 0 Å². The third kappa shape index (κ3) is 5.73. The van der Waals surface area contributed by atoms with Crippen molar-refractivity contribution in [3.05, 3.63) is 41.4 Å². The van der Waals surface area contributed by atoms with Gasteiger partial charge < -0.3 is 15.0 Å². The minimum absolute atomic E-state index is 0.0558. The Kier molecular flexibility index (Phi) is 6.78. The van der Waals surface area contributed by atoms with Crippen LogP contribution >= 0.6 is 11.3 Å². The van der Waals surface area contributed by atoms with E-state index in [1.165, 1.54) is 6.07 Å². The lowest BCUT2D eigenvalue weighted by atomic mass is 10.2. The number of ether oxygens (including phenoxy) is 1. The molecule has 146 valence electrons. The van der Waals surface area contributed by atoms with Crippen LogP contribution in [0.15, 0.2) is 40.1 Å². The Bertz CT molecular complexity index is 832. The monoisotopic (exact) mass is 410 g/mol. The molecule has 0 saturated carbocycles. The molecule has 0 bridgehead atoms. The van der Waals surface area contributed by atoms with E-state index in [9.17, 15) is 13.2 Å². The van der Waals surface area contributed by atoms with Gasteiger partial charge in [0, 0.05) is 38.8 Å². The lowest BCUT2D eigenvalue weighted by molar-refractivity contribution is -0.121. The van der Waals surface area contributed by atoms with Crippen molar-refractivity contribution in [2.45, 2.75) is 17.2 Å². The van der Waals surface area contributed by atoms with E-state index in [1.54, 1.807) is 17.6 Å². The Balaban J connectivity index is 1.40. The van der Waals surface area contributed by atoms with Crippen molar-refractivity contribution in [2.24, 2.45) is 0 Å². The van der Waals surface area contributed by atoms with Crippen LogP contribution in [0.25, 0.3) is 0 Å². The second-order valence-corrected chi connectivity index (χ2v) is 8.92. The van der Waals surface area contributed by atoms with E-state index >= 15 is 0 Å². The molecule has 0 radical (unpaired) electrons. The van der Waals surface area contributed by atoms with Crippen molar-refractivity contribution in [3.8, 4) is 0 Å². The van der Waals surface area contributed by atoms with Crippen LogP contribution in [-0.4, -0.2) is 52.2 Å². The minimum Gasteiger partial charge on any atom is -0.378 e. The fourth-order valence-corrected chi connectivity index (χ4v) is 4.65. The van der Waals surface area contributed by atoms with Crippen molar-refractivity contribution in [3.63, 3.8) is 0 Å². The summed E-state index contributed by atoms with van der Waals surface area (Å²) in [5, 5.41) is 4.47. The molecule has 1 aliphatic heterocycles. The molecule has 0 aliphatic carbocycles. The first-order chi connectivity index (χ1) is 13.0. The summed E-state index contributed by atoms with van der Waals surface area (Å²) in [6.07, 6.45) is 1.81. The second kappa shape index (κ2) is 9.27. The van der Waals surface area contributed by atoms with E-state index in [1.807, 2.05) is 12.1 Å². The maximum Gasteiger partial charge on any atom is 0.250 e. The Hall–Kier alpha value is -2.01. The average Bonchev–Trinajstić information content (AvgIpc) is 3.23. The van der Waals surface area contributed by atoms with E-state index in [0.717, 1.165) is 35.8 Å². The van der Waals surface area contributed by atoms with Gasteiger partial charge in [-0.1, -0.05) is 12.1 Å². The topological polar surface area (TPSA) is 101 Å². The van der Waals surface area contributed by atoms with Crippen LogP contribution < -0.4 is 14.9 Å². The molecule has 10 heteroatoms. The van der Waals surface area contributed by atoms with Crippen LogP contribution in [0.3, 0.4) is 0 Å². The molecule has 2 aromatic heterocycles. The number of morpholine rings is 1. The van der Waals surface area contributed by atoms with E-state index in [0.29, 0.717) is 19.8 Å². The van der Waals surface area contributed by atoms with Crippen molar-refractivity contribution in [2.75, 3.05) is 37.7 Å². The summed E-state index contributed by atoms with van der Waals surface area (Å²) >= 11 is 1.14. The number of nitrogens with one attached hydrogen (secondary N) is 2. The normalized spacial score (nSPS) is 14.9. The van der Waals surface area contributed by atoms with E-state index in [-0.39, 0.29) is 23.1 Å². The number of hydrogen-bond acceptors (Lipinski definition) is 7. The number of anilines is 1. The molecule has 0 unspecified atom stereocenters. The summed E-state index contributed by atoms with van der Waals surface area (Å²) in [6, 6.07) is 7.06. The van der Waals surface area contributed by atoms with Crippen LogP contribution in [0.5, 0.6) is 0 Å². The quantitative estimate of drug-likeness (QED) is 0.672. The van der Waals surface area contributed by atoms with Crippen LogP contribution in [-0.2, 0) is 26.1 Å². The summed E-state index contributed by atoms with van der Waals surface area (Å²) < 4.78 is 31.9. The fourth-order valence-electron chi connectivity index (χ4n) is 2.58. The number of hydrogen-bond donors (Lipinski definition) is 2. The van der Waals surface area contributed by atoms with Crippen molar-refractivity contribution >= 4 is 33.1 Å². The van der Waals surface area contributed by atoms with Crippen LogP contribution in [0.1, 0.15) is 12.0 Å². The molecule has 2 N–H and O–H groups in total. The van der Waals surface area contributed by atoms with Gasteiger partial charge in [0.1, 0.15) is 10.0 Å². The number of nitrogens with zero attached hydrogens (tertiary/aromatic N) is 2. The fraction of sp³-hybridized carbons (Fsp3) is 0.412. The molecule has 3 rings (SSSR count). The predicted octanol–water partition coefficient (Wildman–Crippen LogP) is 0.964. The Morgan fingerprint density at radius 1 is 1.26 bits per heavy atom. The Morgan fingerprint density at radius 3 is 2.74 bits per heavy atom. The first-order valence-corrected chi connectivity index (χ1v) is 11.0. The third-order valence-corrected chi connectivity index (χ3v) is 6.90. The molecule has 1 amide bonds. The molecule has 1 aliphatic rings. The molecule has 3 heterocycles. The lowest BCUT2D eigenvalue weighted by Gasteiger charge is -2.27. The number of amides is 1. The van der Waals surface area contributed by atoms with Crippen LogP contribution in [0.4, 0.5) is 5.82 Å². The van der Waals surface area contributed by atoms with Crippen molar-refractivity contribution in [1.29, 1.82) is 0 Å². The summed E-state index contributed by atoms with van der Waals surface area (Å²) in [5.41, 5.74) is 0.888. The number of carbonyl (C=O) groups excluding carboxylic acids is 1. The lowest BCUT2D eigenvalue weighted by Crippen LogP contribution is -2.36. The highest BCUT2D eigenvalue weighted by molar-refractivity contribution is 7.91. The van der Waals surface area contributed by atoms with Gasteiger partial charge in [0.25, 0.3) is 0 Å². The van der Waals surface area contributed by atoms with Gasteiger partial charge >= 0.3 is 0 Å². The van der Waals surface area contributed by atoms with Crippen LogP contribution in [0.2, 0.25) is 0 Å². The van der Waals surface area contributed by atoms with E-state index in [2.05, 4.69) is 19.9 Å². The van der Waals surface area contributed by atoms with Gasteiger partial charge in [-0.05, 0) is 23.1 Å². The van der Waals surface area contributed by atoms with E-state index < -0.39 is 10.0 Å². The molecule has 1 fully saturated rings. The Morgan fingerprint density at radius 2 is 2.07 bits per heavy atom.